The minimum absolute atomic E-state index is 0.204. The van der Waals surface area contributed by atoms with Crippen molar-refractivity contribution < 1.29 is 28.6 Å². The van der Waals surface area contributed by atoms with Crippen LogP contribution in [-0.2, 0) is 33.8 Å². The minimum Gasteiger partial charge on any atom is -0.493 e. The third-order valence-electron chi connectivity index (χ3n) is 6.30. The largest absolute Gasteiger partial charge is 0.493 e. The lowest BCUT2D eigenvalue weighted by atomic mass is 10.1. The molecule has 0 fully saturated rings. The van der Waals surface area contributed by atoms with Crippen molar-refractivity contribution in [3.8, 4) is 11.5 Å². The van der Waals surface area contributed by atoms with Gasteiger partial charge in [0.15, 0.2) is 11.5 Å². The Kier molecular flexibility index (Phi) is 10.6. The number of ether oxygens (including phenoxy) is 3. The second-order valence-electron chi connectivity index (χ2n) is 9.08. The van der Waals surface area contributed by atoms with Crippen molar-refractivity contribution in [3.63, 3.8) is 0 Å². The number of carbonyl (C=O) groups is 3. The first-order valence-electron chi connectivity index (χ1n) is 13.0. The van der Waals surface area contributed by atoms with Gasteiger partial charge in [0.05, 0.1) is 25.5 Å². The molecule has 0 aliphatic heterocycles. The van der Waals surface area contributed by atoms with Crippen molar-refractivity contribution in [2.24, 2.45) is 5.10 Å². The van der Waals surface area contributed by atoms with Crippen molar-refractivity contribution in [1.29, 1.82) is 0 Å². The summed E-state index contributed by atoms with van der Waals surface area (Å²) in [5.41, 5.74) is 4.81. The standard InChI is InChI=1S/C29H29Cl2N3O6S/c1-3-39-29(37)25-20-7-5-4-6-8-24(20)41-28(25)33-26(35)27(36)34-32-15-17-9-12-22(23(13-17)38-2)40-16-18-10-11-19(30)14-21(18)31/h9-15H,3-8,16H2,1-2H3,(H,33,35)(H,34,36)/b32-15+. The summed E-state index contributed by atoms with van der Waals surface area (Å²) >= 11 is 13.5. The Labute approximate surface area is 251 Å². The number of benzene rings is 2. The molecule has 0 spiro atoms. The number of rotatable bonds is 9. The highest BCUT2D eigenvalue weighted by Crippen LogP contribution is 2.38. The number of hydrogen-bond acceptors (Lipinski definition) is 8. The van der Waals surface area contributed by atoms with Gasteiger partial charge in [0.25, 0.3) is 0 Å². The van der Waals surface area contributed by atoms with Gasteiger partial charge in [-0.25, -0.2) is 10.2 Å². The molecule has 4 rings (SSSR count). The molecule has 0 bridgehead atoms. The van der Waals surface area contributed by atoms with Crippen molar-refractivity contribution in [2.75, 3.05) is 19.0 Å². The van der Waals surface area contributed by atoms with Gasteiger partial charge < -0.3 is 19.5 Å². The second-order valence-corrected chi connectivity index (χ2v) is 11.0. The Morgan fingerprint density at radius 2 is 1.83 bits per heavy atom. The van der Waals surface area contributed by atoms with Gasteiger partial charge in [0, 0.05) is 20.5 Å². The van der Waals surface area contributed by atoms with Crippen LogP contribution in [-0.4, -0.2) is 37.7 Å². The summed E-state index contributed by atoms with van der Waals surface area (Å²) in [5.74, 6) is -1.51. The molecule has 216 valence electrons. The normalized spacial score (nSPS) is 12.8. The van der Waals surface area contributed by atoms with E-state index in [-0.39, 0.29) is 13.2 Å². The Morgan fingerprint density at radius 3 is 2.59 bits per heavy atom. The highest BCUT2D eigenvalue weighted by molar-refractivity contribution is 7.17. The Morgan fingerprint density at radius 1 is 1.02 bits per heavy atom. The van der Waals surface area contributed by atoms with Crippen LogP contribution in [0.5, 0.6) is 11.5 Å². The first kappa shape index (κ1) is 30.4. The molecule has 2 amide bonds. The van der Waals surface area contributed by atoms with Gasteiger partial charge in [-0.2, -0.15) is 5.10 Å². The molecule has 12 heteroatoms. The molecule has 3 aromatic rings. The quantitative estimate of drug-likeness (QED) is 0.0974. The van der Waals surface area contributed by atoms with Gasteiger partial charge >= 0.3 is 17.8 Å². The SMILES string of the molecule is CCOC(=O)c1c(NC(=O)C(=O)N/N=C/c2ccc(OCc3ccc(Cl)cc3Cl)c(OC)c2)sc2c1CCCCC2. The first-order chi connectivity index (χ1) is 19.8. The summed E-state index contributed by atoms with van der Waals surface area (Å²) in [6.45, 7) is 2.14. The smallest absolute Gasteiger partial charge is 0.341 e. The van der Waals surface area contributed by atoms with Crippen molar-refractivity contribution in [3.05, 3.63) is 73.6 Å². The van der Waals surface area contributed by atoms with Crippen LogP contribution in [0.1, 0.15) is 58.1 Å². The van der Waals surface area contributed by atoms with Crippen LogP contribution in [0.2, 0.25) is 10.0 Å². The zero-order chi connectivity index (χ0) is 29.4. The van der Waals surface area contributed by atoms with Crippen molar-refractivity contribution in [2.45, 2.75) is 45.6 Å². The number of carbonyl (C=O) groups excluding carboxylic acids is 3. The molecule has 0 atom stereocenters. The maximum atomic E-state index is 12.7. The van der Waals surface area contributed by atoms with E-state index >= 15 is 0 Å². The fraction of sp³-hybridized carbons (Fsp3) is 0.310. The molecule has 0 saturated heterocycles. The van der Waals surface area contributed by atoms with E-state index in [1.165, 1.54) is 24.7 Å². The molecule has 1 aliphatic carbocycles. The van der Waals surface area contributed by atoms with Gasteiger partial charge in [0.2, 0.25) is 0 Å². The lowest BCUT2D eigenvalue weighted by Gasteiger charge is -2.12. The molecule has 0 unspecified atom stereocenters. The van der Waals surface area contributed by atoms with Gasteiger partial charge in [-0.05, 0) is 74.1 Å². The van der Waals surface area contributed by atoms with E-state index in [0.29, 0.717) is 37.7 Å². The third kappa shape index (κ3) is 7.78. The number of halogens is 2. The van der Waals surface area contributed by atoms with Crippen LogP contribution >= 0.6 is 34.5 Å². The number of aryl methyl sites for hydroxylation is 1. The van der Waals surface area contributed by atoms with E-state index in [2.05, 4.69) is 15.8 Å². The Hall–Kier alpha value is -3.60. The summed E-state index contributed by atoms with van der Waals surface area (Å²) in [6, 6.07) is 10.2. The maximum absolute atomic E-state index is 12.7. The summed E-state index contributed by atoms with van der Waals surface area (Å²) < 4.78 is 16.5. The van der Waals surface area contributed by atoms with Gasteiger partial charge in [-0.1, -0.05) is 35.7 Å². The van der Waals surface area contributed by atoms with E-state index in [0.717, 1.165) is 48.1 Å². The number of hydrogen-bond donors (Lipinski definition) is 2. The zero-order valence-electron chi connectivity index (χ0n) is 22.6. The van der Waals surface area contributed by atoms with Crippen LogP contribution in [0.25, 0.3) is 0 Å². The van der Waals surface area contributed by atoms with Crippen LogP contribution in [0, 0.1) is 0 Å². The van der Waals surface area contributed by atoms with E-state index in [1.807, 2.05) is 0 Å². The number of nitrogens with zero attached hydrogens (tertiary/aromatic N) is 1. The molecular weight excluding hydrogens is 589 g/mol. The number of hydrazone groups is 1. The van der Waals surface area contributed by atoms with E-state index in [9.17, 15) is 14.4 Å². The summed E-state index contributed by atoms with van der Waals surface area (Å²) in [7, 11) is 1.50. The van der Waals surface area contributed by atoms with Crippen LogP contribution in [0.4, 0.5) is 5.00 Å². The van der Waals surface area contributed by atoms with E-state index in [4.69, 9.17) is 37.4 Å². The fourth-order valence-electron chi connectivity index (χ4n) is 4.30. The topological polar surface area (TPSA) is 115 Å². The van der Waals surface area contributed by atoms with Gasteiger partial charge in [-0.3, -0.25) is 9.59 Å². The summed E-state index contributed by atoms with van der Waals surface area (Å²) in [5, 5.41) is 7.81. The summed E-state index contributed by atoms with van der Waals surface area (Å²) in [4.78, 5) is 38.9. The first-order valence-corrected chi connectivity index (χ1v) is 14.6. The Bertz CT molecular complexity index is 1470. The molecule has 0 saturated carbocycles. The number of amides is 2. The molecule has 9 nitrogen and oxygen atoms in total. The summed E-state index contributed by atoms with van der Waals surface area (Å²) in [6.07, 6.45) is 5.95. The molecule has 1 aliphatic rings. The number of nitrogens with one attached hydrogen (secondary N) is 2. The maximum Gasteiger partial charge on any atom is 0.341 e. The third-order valence-corrected chi connectivity index (χ3v) is 8.09. The Balaban J connectivity index is 1.38. The molecule has 2 N–H and O–H groups in total. The zero-order valence-corrected chi connectivity index (χ0v) is 24.9. The molecular formula is C29H29Cl2N3O6S. The molecule has 2 aromatic carbocycles. The predicted molar refractivity (Wildman–Crippen MR) is 160 cm³/mol. The number of methoxy groups -OCH3 is 1. The number of thiophene rings is 1. The van der Waals surface area contributed by atoms with Crippen molar-refractivity contribution in [1.82, 2.24) is 5.43 Å². The molecule has 1 aromatic heterocycles. The highest BCUT2D eigenvalue weighted by Gasteiger charge is 2.27. The van der Waals surface area contributed by atoms with Gasteiger partial charge in [-0.15, -0.1) is 11.3 Å². The lowest BCUT2D eigenvalue weighted by molar-refractivity contribution is -0.136. The van der Waals surface area contributed by atoms with E-state index < -0.39 is 17.8 Å². The highest BCUT2D eigenvalue weighted by atomic mass is 35.5. The molecule has 41 heavy (non-hydrogen) atoms. The average Bonchev–Trinajstić information content (AvgIpc) is 3.12. The minimum atomic E-state index is -0.980. The number of esters is 1. The van der Waals surface area contributed by atoms with Gasteiger partial charge in [0.1, 0.15) is 11.6 Å². The van der Waals surface area contributed by atoms with E-state index in [1.54, 1.807) is 43.3 Å². The monoisotopic (exact) mass is 617 g/mol. The van der Waals surface area contributed by atoms with Crippen LogP contribution < -0.4 is 20.2 Å². The van der Waals surface area contributed by atoms with Crippen LogP contribution in [0.3, 0.4) is 0 Å². The predicted octanol–water partition coefficient (Wildman–Crippen LogP) is 6.18. The number of fused-ring (bicyclic) bond motifs is 1. The molecule has 1 heterocycles. The fourth-order valence-corrected chi connectivity index (χ4v) is 6.04. The lowest BCUT2D eigenvalue weighted by Crippen LogP contribution is -2.32. The van der Waals surface area contributed by atoms with Crippen LogP contribution in [0.15, 0.2) is 41.5 Å². The average molecular weight is 619 g/mol. The molecule has 0 radical (unpaired) electrons. The number of anilines is 1. The second kappa shape index (κ2) is 14.3. The van der Waals surface area contributed by atoms with Crippen molar-refractivity contribution >= 4 is 63.5 Å².